The van der Waals surface area contributed by atoms with Crippen LogP contribution in [0.5, 0.6) is 0 Å². The van der Waals surface area contributed by atoms with Crippen LogP contribution >= 0.6 is 0 Å². The van der Waals surface area contributed by atoms with Gasteiger partial charge in [0.05, 0.1) is 0 Å². The van der Waals surface area contributed by atoms with Crippen LogP contribution in [0.1, 0.15) is 334 Å². The molecule has 0 aliphatic heterocycles. The maximum atomic E-state index is 3.69. The third-order valence-corrected chi connectivity index (χ3v) is 14.8. The van der Waals surface area contributed by atoms with Gasteiger partial charge in [-0.2, -0.15) is 0 Å². The van der Waals surface area contributed by atoms with Crippen LogP contribution in [-0.2, 0) is 0 Å². The van der Waals surface area contributed by atoms with Gasteiger partial charge in [-0.1, -0.05) is 285 Å². The molecule has 2 atom stereocenters. The smallest absolute Gasteiger partial charge is 0.245 e. The highest BCUT2D eigenvalue weighted by molar-refractivity contribution is 5.03. The van der Waals surface area contributed by atoms with Crippen LogP contribution in [0.25, 0.3) is 0 Å². The van der Waals surface area contributed by atoms with Gasteiger partial charge in [0.1, 0.15) is 17.4 Å². The van der Waals surface area contributed by atoms with E-state index >= 15 is 0 Å². The minimum absolute atomic E-state index is 0.654. The lowest BCUT2D eigenvalue weighted by Crippen LogP contribution is -2.43. The quantitative estimate of drug-likeness (QED) is 0.0498. The first-order valence-corrected chi connectivity index (χ1v) is 28.4. The van der Waals surface area contributed by atoms with Crippen LogP contribution in [0, 0.1) is 38.5 Å². The average molecular weight is 841 g/mol. The molecule has 60 heavy (non-hydrogen) atoms. The first-order chi connectivity index (χ1) is 29.3. The summed E-state index contributed by atoms with van der Waals surface area (Å²) in [7, 11) is 0. The van der Waals surface area contributed by atoms with Gasteiger partial charge in [0.25, 0.3) is 5.82 Å². The molecule has 1 N–H and O–H groups in total. The summed E-state index contributed by atoms with van der Waals surface area (Å²) < 4.78 is 2.70. The van der Waals surface area contributed by atoms with Gasteiger partial charge in [-0.05, 0) is 43.4 Å². The topological polar surface area (TPSA) is 19.7 Å². The van der Waals surface area contributed by atoms with Crippen molar-refractivity contribution in [2.24, 2.45) is 17.8 Å². The van der Waals surface area contributed by atoms with Gasteiger partial charge in [0.15, 0.2) is 0 Å². The SMILES string of the molecule is CCCCCCCCCCCCCCCCCCC(CCCCCCCCCCCCCCCCCC)CCCCC(CCC(C)CCCC(C)C)[n+]1c(C)[nH]c(C)c1C. The Hall–Kier alpha value is -0.790. The Morgan fingerprint density at radius 2 is 0.683 bits per heavy atom. The van der Waals surface area contributed by atoms with E-state index in [0.717, 1.165) is 17.8 Å². The number of hydrogen-bond acceptors (Lipinski definition) is 0. The number of nitrogens with zero attached hydrogens (tertiary/aromatic N) is 1. The second-order valence-electron chi connectivity index (χ2n) is 21.3. The first kappa shape index (κ1) is 57.2. The molecule has 1 heterocycles. The van der Waals surface area contributed by atoms with E-state index < -0.39 is 0 Å². The van der Waals surface area contributed by atoms with Crippen molar-refractivity contribution in [1.82, 2.24) is 4.98 Å². The second-order valence-corrected chi connectivity index (χ2v) is 21.3. The third-order valence-electron chi connectivity index (χ3n) is 14.8. The van der Waals surface area contributed by atoms with Crippen molar-refractivity contribution in [3.63, 3.8) is 0 Å². The Bertz CT molecular complexity index is 971. The number of unbranched alkanes of at least 4 members (excludes halogenated alkanes) is 31. The molecular formula is C58H115N2+. The predicted molar refractivity (Wildman–Crippen MR) is 272 cm³/mol. The molecule has 2 heteroatoms. The lowest BCUT2D eigenvalue weighted by atomic mass is 9.88. The third kappa shape index (κ3) is 33.7. The molecule has 2 unspecified atom stereocenters. The van der Waals surface area contributed by atoms with E-state index in [1.165, 1.54) is 293 Å². The highest BCUT2D eigenvalue weighted by Gasteiger charge is 2.25. The maximum absolute atomic E-state index is 3.69. The average Bonchev–Trinajstić information content (AvgIpc) is 3.48. The zero-order valence-electron chi connectivity index (χ0n) is 43.2. The summed E-state index contributed by atoms with van der Waals surface area (Å²) in [6, 6.07) is 0.654. The summed E-state index contributed by atoms with van der Waals surface area (Å²) in [5.41, 5.74) is 2.83. The van der Waals surface area contributed by atoms with Crippen molar-refractivity contribution in [3.05, 3.63) is 17.2 Å². The summed E-state index contributed by atoms with van der Waals surface area (Å²) in [6.07, 6.45) is 62.6. The van der Waals surface area contributed by atoms with Crippen molar-refractivity contribution < 1.29 is 4.57 Å². The Labute approximate surface area is 380 Å². The van der Waals surface area contributed by atoms with E-state index in [0.29, 0.717) is 6.04 Å². The molecule has 0 saturated carbocycles. The van der Waals surface area contributed by atoms with E-state index in [2.05, 4.69) is 64.9 Å². The van der Waals surface area contributed by atoms with Crippen molar-refractivity contribution in [2.45, 2.75) is 338 Å². The highest BCUT2D eigenvalue weighted by Crippen LogP contribution is 2.28. The molecule has 356 valence electrons. The van der Waals surface area contributed by atoms with Crippen LogP contribution in [0.4, 0.5) is 0 Å². The lowest BCUT2D eigenvalue weighted by molar-refractivity contribution is -0.734. The van der Waals surface area contributed by atoms with E-state index in [9.17, 15) is 0 Å². The van der Waals surface area contributed by atoms with Crippen LogP contribution < -0.4 is 4.57 Å². The number of aromatic amines is 1. The molecule has 0 aliphatic carbocycles. The second kappa shape index (κ2) is 42.2. The molecular weight excluding hydrogens is 725 g/mol. The number of nitrogens with one attached hydrogen (secondary N) is 1. The summed E-state index contributed by atoms with van der Waals surface area (Å²) in [5, 5.41) is 0. The van der Waals surface area contributed by atoms with Crippen LogP contribution in [0.15, 0.2) is 0 Å². The van der Waals surface area contributed by atoms with E-state index in [-0.39, 0.29) is 0 Å². The number of imidazole rings is 1. The van der Waals surface area contributed by atoms with E-state index in [1.54, 1.807) is 0 Å². The van der Waals surface area contributed by atoms with Crippen molar-refractivity contribution in [3.8, 4) is 0 Å². The molecule has 1 aromatic rings. The first-order valence-electron chi connectivity index (χ1n) is 28.4. The van der Waals surface area contributed by atoms with Crippen LogP contribution in [-0.4, -0.2) is 4.98 Å². The van der Waals surface area contributed by atoms with Gasteiger partial charge in [0, 0.05) is 20.8 Å². The molecule has 0 bridgehead atoms. The molecule has 0 aliphatic rings. The number of aryl methyl sites for hydroxylation is 2. The Balaban J connectivity index is 2.44. The Morgan fingerprint density at radius 3 is 1.02 bits per heavy atom. The van der Waals surface area contributed by atoms with Gasteiger partial charge < -0.3 is 0 Å². The molecule has 1 rings (SSSR count). The number of aromatic nitrogens is 2. The fourth-order valence-electron chi connectivity index (χ4n) is 10.5. The minimum Gasteiger partial charge on any atom is -0.245 e. The molecule has 1 aromatic heterocycles. The van der Waals surface area contributed by atoms with Gasteiger partial charge in [-0.15, -0.1) is 0 Å². The Morgan fingerprint density at radius 1 is 0.350 bits per heavy atom. The number of H-pyrrole nitrogens is 1. The van der Waals surface area contributed by atoms with Crippen LogP contribution in [0.3, 0.4) is 0 Å². The standard InChI is InChI=1S/C58H114N2/c1-9-11-13-15-17-19-21-23-25-27-29-31-33-35-37-39-46-57(47-40-38-36-34-32-30-28-26-24-22-20-18-16-14-12-10-2)48-41-42-49-58(60-55(7)54(6)59-56(60)8)51-50-53(5)45-43-44-52(3)4/h52-53,57-58H,9-51H2,1-8H3/p+1. The minimum atomic E-state index is 0.654. The molecule has 0 saturated heterocycles. The maximum Gasteiger partial charge on any atom is 0.251 e. The van der Waals surface area contributed by atoms with Gasteiger partial charge in [0.2, 0.25) is 0 Å². The van der Waals surface area contributed by atoms with E-state index in [4.69, 9.17) is 0 Å². The molecule has 2 nitrogen and oxygen atoms in total. The van der Waals surface area contributed by atoms with Crippen molar-refractivity contribution in [2.75, 3.05) is 0 Å². The fraction of sp³-hybridized carbons (Fsp3) is 0.948. The lowest BCUT2D eigenvalue weighted by Gasteiger charge is -2.21. The van der Waals surface area contributed by atoms with Crippen molar-refractivity contribution >= 4 is 0 Å². The molecule has 0 spiro atoms. The molecule has 0 aromatic carbocycles. The molecule has 0 radical (unpaired) electrons. The van der Waals surface area contributed by atoms with Crippen LogP contribution in [0.2, 0.25) is 0 Å². The zero-order chi connectivity index (χ0) is 43.7. The Kier molecular flexibility index (Phi) is 40.2. The summed E-state index contributed by atoms with van der Waals surface area (Å²) in [6.45, 7) is 18.9. The van der Waals surface area contributed by atoms with Gasteiger partial charge >= 0.3 is 0 Å². The molecule has 0 fully saturated rings. The fourth-order valence-corrected chi connectivity index (χ4v) is 10.5. The van der Waals surface area contributed by atoms with Gasteiger partial charge in [-0.3, -0.25) is 0 Å². The number of rotatable bonds is 47. The van der Waals surface area contributed by atoms with Gasteiger partial charge in [-0.25, -0.2) is 9.55 Å². The summed E-state index contributed by atoms with van der Waals surface area (Å²) in [4.78, 5) is 3.69. The molecule has 0 amide bonds. The predicted octanol–water partition coefficient (Wildman–Crippen LogP) is 20.5. The summed E-state index contributed by atoms with van der Waals surface area (Å²) in [5.74, 6) is 4.02. The number of hydrogen-bond donors (Lipinski definition) is 1. The largest absolute Gasteiger partial charge is 0.251 e. The zero-order valence-corrected chi connectivity index (χ0v) is 43.2. The van der Waals surface area contributed by atoms with Crippen molar-refractivity contribution in [1.29, 1.82) is 0 Å². The normalized spacial score (nSPS) is 13.0. The highest BCUT2D eigenvalue weighted by atomic mass is 15.1. The summed E-state index contributed by atoms with van der Waals surface area (Å²) >= 11 is 0. The monoisotopic (exact) mass is 840 g/mol. The van der Waals surface area contributed by atoms with E-state index in [1.807, 2.05) is 0 Å².